The fourth-order valence-electron chi connectivity index (χ4n) is 2.48. The lowest BCUT2D eigenvalue weighted by atomic mass is 10.0. The fourth-order valence-corrected chi connectivity index (χ4v) is 3.00. The zero-order chi connectivity index (χ0) is 15.4. The summed E-state index contributed by atoms with van der Waals surface area (Å²) >= 11 is 9.57. The van der Waals surface area contributed by atoms with E-state index < -0.39 is 0 Å². The quantitative estimate of drug-likeness (QED) is 0.811. The molecule has 2 aromatic carbocycles. The van der Waals surface area contributed by atoms with Crippen LogP contribution in [0.3, 0.4) is 0 Å². The van der Waals surface area contributed by atoms with Gasteiger partial charge < -0.3 is 10.6 Å². The molecule has 0 heterocycles. The molecule has 0 aromatic heterocycles. The second kappa shape index (κ2) is 7.30. The minimum Gasteiger partial charge on any atom is -0.363 e. The van der Waals surface area contributed by atoms with Crippen molar-refractivity contribution >= 4 is 33.2 Å². The fraction of sp³-hybridized carbons (Fsp3) is 0.294. The van der Waals surface area contributed by atoms with Crippen LogP contribution < -0.4 is 10.6 Å². The van der Waals surface area contributed by atoms with Crippen LogP contribution in [0.5, 0.6) is 0 Å². The first kappa shape index (κ1) is 16.3. The average Bonchev–Trinajstić information content (AvgIpc) is 2.49. The van der Waals surface area contributed by atoms with Gasteiger partial charge in [-0.2, -0.15) is 0 Å². The first-order valence-electron chi connectivity index (χ1n) is 7.05. The monoisotopic (exact) mass is 366 g/mol. The van der Waals surface area contributed by atoms with Crippen molar-refractivity contribution in [3.05, 3.63) is 63.1 Å². The van der Waals surface area contributed by atoms with E-state index in [0.717, 1.165) is 16.6 Å². The van der Waals surface area contributed by atoms with Crippen molar-refractivity contribution in [3.63, 3.8) is 0 Å². The lowest BCUT2D eigenvalue weighted by Crippen LogP contribution is -2.33. The zero-order valence-electron chi connectivity index (χ0n) is 12.3. The van der Waals surface area contributed by atoms with Crippen LogP contribution in [0.15, 0.2) is 46.9 Å². The van der Waals surface area contributed by atoms with Gasteiger partial charge in [0.15, 0.2) is 0 Å². The predicted molar refractivity (Wildman–Crippen MR) is 95.1 cm³/mol. The van der Waals surface area contributed by atoms with Gasteiger partial charge in [0.2, 0.25) is 0 Å². The Morgan fingerprint density at radius 1 is 1.19 bits per heavy atom. The number of nitrogens with zero attached hydrogens (tertiary/aromatic N) is 1. The number of rotatable bonds is 5. The van der Waals surface area contributed by atoms with Crippen molar-refractivity contribution in [1.82, 2.24) is 0 Å². The number of benzene rings is 2. The van der Waals surface area contributed by atoms with Crippen molar-refractivity contribution in [1.29, 1.82) is 0 Å². The number of hydrogen-bond acceptors (Lipinski definition) is 2. The maximum Gasteiger partial charge on any atom is 0.0665 e. The molecule has 0 spiro atoms. The van der Waals surface area contributed by atoms with Crippen molar-refractivity contribution < 1.29 is 0 Å². The van der Waals surface area contributed by atoms with Gasteiger partial charge in [-0.1, -0.05) is 35.4 Å². The van der Waals surface area contributed by atoms with Crippen LogP contribution in [0.25, 0.3) is 0 Å². The third-order valence-electron chi connectivity index (χ3n) is 3.63. The van der Waals surface area contributed by atoms with Gasteiger partial charge in [-0.05, 0) is 59.6 Å². The van der Waals surface area contributed by atoms with Crippen molar-refractivity contribution in [2.45, 2.75) is 19.9 Å². The van der Waals surface area contributed by atoms with E-state index in [1.165, 1.54) is 11.3 Å². The smallest absolute Gasteiger partial charge is 0.0665 e. The summed E-state index contributed by atoms with van der Waals surface area (Å²) < 4.78 is 0.903. The highest BCUT2D eigenvalue weighted by molar-refractivity contribution is 9.10. The van der Waals surface area contributed by atoms with Crippen LogP contribution in [-0.2, 0) is 0 Å². The van der Waals surface area contributed by atoms with Gasteiger partial charge in [-0.3, -0.25) is 0 Å². The molecule has 1 unspecified atom stereocenters. The Morgan fingerprint density at radius 2 is 1.86 bits per heavy atom. The maximum absolute atomic E-state index is 6.08. The summed E-state index contributed by atoms with van der Waals surface area (Å²) in [5, 5.41) is 0.716. The molecule has 2 nitrogen and oxygen atoms in total. The number of halogens is 2. The summed E-state index contributed by atoms with van der Waals surface area (Å²) in [6.07, 6.45) is 0. The Labute approximate surface area is 140 Å². The third-order valence-corrected chi connectivity index (χ3v) is 4.85. The van der Waals surface area contributed by atoms with E-state index >= 15 is 0 Å². The maximum atomic E-state index is 6.08. The van der Waals surface area contributed by atoms with Gasteiger partial charge >= 0.3 is 0 Å². The predicted octanol–water partition coefficient (Wildman–Crippen LogP) is 4.94. The van der Waals surface area contributed by atoms with E-state index in [-0.39, 0.29) is 6.04 Å². The van der Waals surface area contributed by atoms with E-state index in [1.54, 1.807) is 0 Å². The Hall–Kier alpha value is -1.03. The molecule has 2 rings (SSSR count). The first-order chi connectivity index (χ1) is 10.1. The first-order valence-corrected chi connectivity index (χ1v) is 8.22. The Kier molecular flexibility index (Phi) is 5.68. The molecule has 0 aliphatic rings. The van der Waals surface area contributed by atoms with Crippen molar-refractivity contribution in [2.24, 2.45) is 5.73 Å². The zero-order valence-corrected chi connectivity index (χ0v) is 14.7. The van der Waals surface area contributed by atoms with Crippen LogP contribution in [-0.4, -0.2) is 13.1 Å². The number of nitrogens with two attached hydrogens (primary N) is 1. The highest BCUT2D eigenvalue weighted by Crippen LogP contribution is 2.31. The van der Waals surface area contributed by atoms with E-state index in [0.29, 0.717) is 11.6 Å². The molecular weight excluding hydrogens is 348 g/mol. The van der Waals surface area contributed by atoms with Gasteiger partial charge in [0.1, 0.15) is 0 Å². The summed E-state index contributed by atoms with van der Waals surface area (Å²) in [6.45, 7) is 5.69. The van der Waals surface area contributed by atoms with Crippen LogP contribution >= 0.6 is 27.5 Å². The van der Waals surface area contributed by atoms with Crippen molar-refractivity contribution in [3.8, 4) is 0 Å². The molecule has 0 aliphatic heterocycles. The Bertz CT molecular complexity index is 598. The number of aryl methyl sites for hydroxylation is 1. The molecule has 112 valence electrons. The summed E-state index contributed by atoms with van der Waals surface area (Å²) in [7, 11) is 0. The van der Waals surface area contributed by atoms with Gasteiger partial charge in [0.25, 0.3) is 0 Å². The lowest BCUT2D eigenvalue weighted by Gasteiger charge is -2.32. The molecule has 0 aliphatic carbocycles. The molecule has 4 heteroatoms. The minimum atomic E-state index is 0.131. The Morgan fingerprint density at radius 3 is 2.38 bits per heavy atom. The molecule has 0 radical (unpaired) electrons. The molecule has 0 bridgehead atoms. The largest absolute Gasteiger partial charge is 0.363 e. The summed E-state index contributed by atoms with van der Waals surface area (Å²) in [6, 6.07) is 14.7. The Balaban J connectivity index is 2.36. The second-order valence-electron chi connectivity index (χ2n) is 5.05. The highest BCUT2D eigenvalue weighted by atomic mass is 79.9. The summed E-state index contributed by atoms with van der Waals surface area (Å²) in [5.41, 5.74) is 9.65. The van der Waals surface area contributed by atoms with E-state index in [2.05, 4.69) is 65.0 Å². The van der Waals surface area contributed by atoms with Crippen LogP contribution in [0.2, 0.25) is 5.02 Å². The second-order valence-corrected chi connectivity index (χ2v) is 6.31. The standard InChI is InChI=1S/C17H20BrClN2/c1-3-21(14-7-4-12(2)5-8-14)17(11-20)13-6-9-16(19)15(18)10-13/h4-10,17H,3,11,20H2,1-2H3. The normalized spacial score (nSPS) is 12.2. The molecule has 1 atom stereocenters. The topological polar surface area (TPSA) is 29.3 Å². The summed E-state index contributed by atoms with van der Waals surface area (Å²) in [4.78, 5) is 2.31. The lowest BCUT2D eigenvalue weighted by molar-refractivity contribution is 0.643. The highest BCUT2D eigenvalue weighted by Gasteiger charge is 2.19. The molecule has 21 heavy (non-hydrogen) atoms. The SMILES string of the molecule is CCN(c1ccc(C)cc1)C(CN)c1ccc(Cl)c(Br)c1. The van der Waals surface area contributed by atoms with Crippen LogP contribution in [0.4, 0.5) is 5.69 Å². The van der Waals surface area contributed by atoms with E-state index in [4.69, 9.17) is 17.3 Å². The molecule has 0 fully saturated rings. The molecule has 0 saturated heterocycles. The van der Waals surface area contributed by atoms with Gasteiger partial charge in [0.05, 0.1) is 11.1 Å². The molecule has 2 N–H and O–H groups in total. The third kappa shape index (κ3) is 3.79. The number of likely N-dealkylation sites (N-methyl/N-ethyl adjacent to an activating group) is 1. The minimum absolute atomic E-state index is 0.131. The van der Waals surface area contributed by atoms with Crippen LogP contribution in [0.1, 0.15) is 24.1 Å². The van der Waals surface area contributed by atoms with Gasteiger partial charge in [0, 0.05) is 23.2 Å². The average molecular weight is 368 g/mol. The van der Waals surface area contributed by atoms with Gasteiger partial charge in [-0.25, -0.2) is 0 Å². The number of anilines is 1. The number of hydrogen-bond donors (Lipinski definition) is 1. The van der Waals surface area contributed by atoms with Gasteiger partial charge in [-0.15, -0.1) is 0 Å². The molecule has 0 saturated carbocycles. The molecule has 0 amide bonds. The van der Waals surface area contributed by atoms with Crippen LogP contribution in [0, 0.1) is 6.92 Å². The summed E-state index contributed by atoms with van der Waals surface area (Å²) in [5.74, 6) is 0. The molecular formula is C17H20BrClN2. The van der Waals surface area contributed by atoms with E-state index in [9.17, 15) is 0 Å². The van der Waals surface area contributed by atoms with E-state index in [1.807, 2.05) is 12.1 Å². The van der Waals surface area contributed by atoms with Crippen molar-refractivity contribution in [2.75, 3.05) is 18.0 Å². The molecule has 2 aromatic rings.